The molecular formula is C25H25N5O2. The van der Waals surface area contributed by atoms with Crippen molar-refractivity contribution in [3.05, 3.63) is 87.2 Å². The van der Waals surface area contributed by atoms with Crippen LogP contribution in [0.3, 0.4) is 0 Å². The van der Waals surface area contributed by atoms with Crippen molar-refractivity contribution in [2.24, 2.45) is 14.1 Å². The summed E-state index contributed by atoms with van der Waals surface area (Å²) >= 11 is 0. The summed E-state index contributed by atoms with van der Waals surface area (Å²) in [6.45, 7) is 2.16. The van der Waals surface area contributed by atoms with Crippen LogP contribution in [0.5, 0.6) is 0 Å². The van der Waals surface area contributed by atoms with Crippen molar-refractivity contribution >= 4 is 16.9 Å². The Bertz CT molecular complexity index is 1550. The van der Waals surface area contributed by atoms with Crippen LogP contribution < -0.4 is 11.2 Å². The molecule has 0 spiro atoms. The quantitative estimate of drug-likeness (QED) is 0.430. The topological polar surface area (TPSA) is 66.2 Å². The molecule has 32 heavy (non-hydrogen) atoms. The highest BCUT2D eigenvalue weighted by atomic mass is 16.2. The monoisotopic (exact) mass is 427 g/mol. The van der Waals surface area contributed by atoms with Crippen molar-refractivity contribution in [2.75, 3.05) is 0 Å². The third-order valence-corrected chi connectivity index (χ3v) is 6.04. The molecule has 0 atom stereocenters. The van der Waals surface area contributed by atoms with Gasteiger partial charge >= 0.3 is 5.69 Å². The van der Waals surface area contributed by atoms with Crippen LogP contribution in [-0.2, 0) is 20.5 Å². The number of para-hydroxylation sites is 1. The van der Waals surface area contributed by atoms with Gasteiger partial charge in [0.25, 0.3) is 5.56 Å². The molecule has 7 heteroatoms. The van der Waals surface area contributed by atoms with Crippen molar-refractivity contribution in [1.29, 1.82) is 0 Å². The second-order valence-electron chi connectivity index (χ2n) is 8.06. The SMILES string of the molecule is CCCCc1c(-c2ccccc2)n(-c2ccccc2)c2nc3c(c(=O)n(C)c(=O)n3C)n12. The zero-order valence-electron chi connectivity index (χ0n) is 18.4. The van der Waals surface area contributed by atoms with E-state index in [0.29, 0.717) is 16.9 Å². The van der Waals surface area contributed by atoms with Crippen molar-refractivity contribution in [1.82, 2.24) is 23.1 Å². The molecule has 3 aromatic heterocycles. The maximum atomic E-state index is 13.3. The van der Waals surface area contributed by atoms with Crippen molar-refractivity contribution in [3.8, 4) is 16.9 Å². The van der Waals surface area contributed by atoms with E-state index in [1.165, 1.54) is 11.6 Å². The van der Waals surface area contributed by atoms with Crippen LogP contribution >= 0.6 is 0 Å². The minimum Gasteiger partial charge on any atom is -0.279 e. The van der Waals surface area contributed by atoms with E-state index < -0.39 is 0 Å². The number of benzene rings is 2. The number of aromatic nitrogens is 5. The van der Waals surface area contributed by atoms with Crippen LogP contribution in [0.2, 0.25) is 0 Å². The molecule has 0 saturated heterocycles. The standard InChI is InChI=1S/C25H25N5O2/c1-4-5-16-19-20(17-12-8-6-9-13-17)29(18-14-10-7-11-15-18)24-26-22-21(30(19)24)23(31)28(3)25(32)27(22)2/h6-15H,4-5,16H2,1-3H3. The van der Waals surface area contributed by atoms with Gasteiger partial charge in [0, 0.05) is 25.3 Å². The fourth-order valence-electron chi connectivity index (χ4n) is 4.41. The second-order valence-corrected chi connectivity index (χ2v) is 8.06. The molecule has 0 fully saturated rings. The van der Waals surface area contributed by atoms with Gasteiger partial charge in [-0.15, -0.1) is 0 Å². The van der Waals surface area contributed by atoms with Gasteiger partial charge in [-0.3, -0.25) is 22.9 Å². The lowest BCUT2D eigenvalue weighted by Gasteiger charge is -2.12. The first-order valence-corrected chi connectivity index (χ1v) is 10.9. The maximum absolute atomic E-state index is 13.3. The molecule has 0 aliphatic rings. The van der Waals surface area contributed by atoms with Gasteiger partial charge in [-0.1, -0.05) is 61.9 Å². The Labute approximate surface area is 184 Å². The number of imidazole rings is 2. The van der Waals surface area contributed by atoms with Crippen LogP contribution in [0.4, 0.5) is 0 Å². The van der Waals surface area contributed by atoms with Gasteiger partial charge < -0.3 is 0 Å². The Morgan fingerprint density at radius 3 is 2.19 bits per heavy atom. The molecule has 0 unspecified atom stereocenters. The van der Waals surface area contributed by atoms with E-state index in [4.69, 9.17) is 4.98 Å². The van der Waals surface area contributed by atoms with Gasteiger partial charge in [0.05, 0.1) is 11.4 Å². The molecule has 0 aliphatic heterocycles. The highest BCUT2D eigenvalue weighted by Gasteiger charge is 2.26. The Morgan fingerprint density at radius 1 is 0.875 bits per heavy atom. The fraction of sp³-hybridized carbons (Fsp3) is 0.240. The van der Waals surface area contributed by atoms with E-state index >= 15 is 0 Å². The number of hydrogen-bond donors (Lipinski definition) is 0. The van der Waals surface area contributed by atoms with Crippen molar-refractivity contribution < 1.29 is 0 Å². The van der Waals surface area contributed by atoms with Gasteiger partial charge in [0.1, 0.15) is 0 Å². The zero-order valence-corrected chi connectivity index (χ0v) is 18.4. The number of unbranched alkanes of at least 4 members (excludes halogenated alkanes) is 1. The molecular weight excluding hydrogens is 402 g/mol. The molecule has 5 rings (SSSR count). The van der Waals surface area contributed by atoms with Crippen LogP contribution in [0.15, 0.2) is 70.3 Å². The summed E-state index contributed by atoms with van der Waals surface area (Å²) in [6, 6.07) is 20.2. The molecule has 0 saturated carbocycles. The molecule has 5 aromatic rings. The number of hydrogen-bond acceptors (Lipinski definition) is 3. The normalized spacial score (nSPS) is 11.6. The van der Waals surface area contributed by atoms with Crippen LogP contribution in [0, 0.1) is 0 Å². The van der Waals surface area contributed by atoms with E-state index in [9.17, 15) is 9.59 Å². The molecule has 0 N–H and O–H groups in total. The minimum atomic E-state index is -0.382. The van der Waals surface area contributed by atoms with E-state index in [2.05, 4.69) is 23.6 Å². The lowest BCUT2D eigenvalue weighted by Crippen LogP contribution is -2.37. The smallest absolute Gasteiger partial charge is 0.279 e. The highest BCUT2D eigenvalue weighted by molar-refractivity contribution is 5.81. The predicted octanol–water partition coefficient (Wildman–Crippen LogP) is 3.69. The minimum absolute atomic E-state index is 0.335. The third-order valence-electron chi connectivity index (χ3n) is 6.04. The molecule has 0 amide bonds. The number of aryl methyl sites for hydroxylation is 2. The summed E-state index contributed by atoms with van der Waals surface area (Å²) in [5.41, 5.74) is 4.17. The zero-order chi connectivity index (χ0) is 22.4. The summed E-state index contributed by atoms with van der Waals surface area (Å²) in [4.78, 5) is 30.7. The van der Waals surface area contributed by atoms with Crippen molar-refractivity contribution in [2.45, 2.75) is 26.2 Å². The van der Waals surface area contributed by atoms with E-state index in [-0.39, 0.29) is 11.2 Å². The fourth-order valence-corrected chi connectivity index (χ4v) is 4.41. The van der Waals surface area contributed by atoms with Crippen LogP contribution in [-0.4, -0.2) is 23.1 Å². The van der Waals surface area contributed by atoms with Crippen molar-refractivity contribution in [3.63, 3.8) is 0 Å². The molecule has 3 heterocycles. The Morgan fingerprint density at radius 2 is 1.53 bits per heavy atom. The Balaban J connectivity index is 2.04. The first-order valence-electron chi connectivity index (χ1n) is 10.9. The Kier molecular flexibility index (Phi) is 4.81. The lowest BCUT2D eigenvalue weighted by atomic mass is 10.1. The Hall–Kier alpha value is -3.87. The third kappa shape index (κ3) is 2.85. The summed E-state index contributed by atoms with van der Waals surface area (Å²) < 4.78 is 6.67. The van der Waals surface area contributed by atoms with Gasteiger partial charge in [0.2, 0.25) is 5.78 Å². The highest BCUT2D eigenvalue weighted by Crippen LogP contribution is 2.33. The van der Waals surface area contributed by atoms with E-state index in [1.54, 1.807) is 7.05 Å². The van der Waals surface area contributed by atoms with Gasteiger partial charge in [0.15, 0.2) is 11.2 Å². The summed E-state index contributed by atoms with van der Waals surface area (Å²) in [5, 5.41) is 0. The van der Waals surface area contributed by atoms with E-state index in [1.807, 2.05) is 52.9 Å². The summed E-state index contributed by atoms with van der Waals surface area (Å²) in [6.07, 6.45) is 2.78. The van der Waals surface area contributed by atoms with E-state index in [0.717, 1.165) is 46.5 Å². The lowest BCUT2D eigenvalue weighted by molar-refractivity contribution is 0.706. The summed E-state index contributed by atoms with van der Waals surface area (Å²) in [7, 11) is 3.18. The van der Waals surface area contributed by atoms with Gasteiger partial charge in [-0.2, -0.15) is 4.98 Å². The van der Waals surface area contributed by atoms with Gasteiger partial charge in [-0.05, 0) is 25.0 Å². The second kappa shape index (κ2) is 7.67. The molecule has 2 aromatic carbocycles. The summed E-state index contributed by atoms with van der Waals surface area (Å²) in [5.74, 6) is 0.634. The largest absolute Gasteiger partial charge is 0.332 e. The average molecular weight is 428 g/mol. The first-order chi connectivity index (χ1) is 15.5. The number of fused-ring (bicyclic) bond motifs is 3. The molecule has 162 valence electrons. The molecule has 0 bridgehead atoms. The van der Waals surface area contributed by atoms with Gasteiger partial charge in [-0.25, -0.2) is 4.79 Å². The van der Waals surface area contributed by atoms with Crippen LogP contribution in [0.25, 0.3) is 33.9 Å². The predicted molar refractivity (Wildman–Crippen MR) is 127 cm³/mol. The molecule has 7 nitrogen and oxygen atoms in total. The van der Waals surface area contributed by atoms with Crippen LogP contribution in [0.1, 0.15) is 25.5 Å². The average Bonchev–Trinajstić information content (AvgIpc) is 3.36. The number of nitrogens with zero attached hydrogens (tertiary/aromatic N) is 5. The molecule has 0 aliphatic carbocycles. The molecule has 0 radical (unpaired) electrons. The first kappa shape index (κ1) is 20.1. The maximum Gasteiger partial charge on any atom is 0.332 e. The number of rotatable bonds is 5.